The summed E-state index contributed by atoms with van der Waals surface area (Å²) in [4.78, 5) is 0.241. The fraction of sp³-hybridized carbons (Fsp3) is 0.571. The number of nitrogens with two attached hydrogens (primary N) is 1. The molecule has 0 bridgehead atoms. The molecule has 2 atom stereocenters. The highest BCUT2D eigenvalue weighted by Gasteiger charge is 2.31. The Hall–Kier alpha value is -1.27. The van der Waals surface area contributed by atoms with Gasteiger partial charge in [-0.1, -0.05) is 13.8 Å². The van der Waals surface area contributed by atoms with Crippen LogP contribution in [0.2, 0.25) is 0 Å². The molecule has 2 rings (SSSR count). The van der Waals surface area contributed by atoms with E-state index in [0.717, 1.165) is 6.42 Å². The number of rotatable bonds is 3. The molecule has 1 saturated heterocycles. The first kappa shape index (κ1) is 15.1. The Morgan fingerprint density at radius 2 is 1.85 bits per heavy atom. The van der Waals surface area contributed by atoms with Crippen LogP contribution in [0.4, 0.5) is 5.69 Å². The van der Waals surface area contributed by atoms with Gasteiger partial charge in [-0.25, -0.2) is 8.42 Å². The average molecular weight is 298 g/mol. The van der Waals surface area contributed by atoms with Crippen molar-refractivity contribution in [2.75, 3.05) is 25.9 Å². The monoisotopic (exact) mass is 298 g/mol. The molecule has 0 radical (unpaired) electrons. The van der Waals surface area contributed by atoms with E-state index in [0.29, 0.717) is 36.4 Å². The summed E-state index contributed by atoms with van der Waals surface area (Å²) in [6.07, 6.45) is 1.07. The van der Waals surface area contributed by atoms with Crippen LogP contribution in [0.5, 0.6) is 5.75 Å². The topological polar surface area (TPSA) is 72.6 Å². The number of nitrogens with zero attached hydrogens (tertiary/aromatic N) is 1. The highest BCUT2D eigenvalue weighted by molar-refractivity contribution is 7.89. The van der Waals surface area contributed by atoms with Crippen molar-refractivity contribution < 1.29 is 13.2 Å². The molecule has 5 nitrogen and oxygen atoms in total. The van der Waals surface area contributed by atoms with E-state index in [2.05, 4.69) is 13.8 Å². The highest BCUT2D eigenvalue weighted by Crippen LogP contribution is 2.30. The van der Waals surface area contributed by atoms with Crippen LogP contribution in [-0.4, -0.2) is 32.9 Å². The number of nitrogen functional groups attached to an aromatic ring is 1. The molecule has 1 aromatic carbocycles. The molecule has 0 spiro atoms. The van der Waals surface area contributed by atoms with Crippen LogP contribution in [-0.2, 0) is 10.0 Å². The quantitative estimate of drug-likeness (QED) is 0.866. The van der Waals surface area contributed by atoms with Gasteiger partial charge in [-0.05, 0) is 30.4 Å². The zero-order valence-electron chi connectivity index (χ0n) is 12.2. The smallest absolute Gasteiger partial charge is 0.243 e. The van der Waals surface area contributed by atoms with Crippen LogP contribution in [0.1, 0.15) is 20.3 Å². The lowest BCUT2D eigenvalue weighted by Gasteiger charge is -2.34. The molecule has 0 aromatic heterocycles. The third kappa shape index (κ3) is 2.91. The summed E-state index contributed by atoms with van der Waals surface area (Å²) < 4.78 is 32.0. The number of benzene rings is 1. The molecule has 0 saturated carbocycles. The maximum absolute atomic E-state index is 12.7. The fourth-order valence-electron chi connectivity index (χ4n) is 2.80. The summed E-state index contributed by atoms with van der Waals surface area (Å²) in [6, 6.07) is 4.61. The van der Waals surface area contributed by atoms with Crippen LogP contribution in [0.25, 0.3) is 0 Å². The molecule has 0 aliphatic carbocycles. The normalized spacial score (nSPS) is 24.6. The van der Waals surface area contributed by atoms with Crippen molar-refractivity contribution in [3.8, 4) is 5.75 Å². The van der Waals surface area contributed by atoms with E-state index in [-0.39, 0.29) is 4.90 Å². The second-order valence-electron chi connectivity index (χ2n) is 5.67. The summed E-state index contributed by atoms with van der Waals surface area (Å²) >= 11 is 0. The molecule has 112 valence electrons. The highest BCUT2D eigenvalue weighted by atomic mass is 32.2. The Bertz CT molecular complexity index is 576. The maximum Gasteiger partial charge on any atom is 0.243 e. The molecule has 20 heavy (non-hydrogen) atoms. The number of sulfonamides is 1. The van der Waals surface area contributed by atoms with Crippen molar-refractivity contribution in [3.63, 3.8) is 0 Å². The number of piperidine rings is 1. The van der Waals surface area contributed by atoms with Crippen LogP contribution < -0.4 is 10.5 Å². The van der Waals surface area contributed by atoms with Crippen molar-refractivity contribution in [2.45, 2.75) is 25.2 Å². The molecular formula is C14H22N2O3S. The first-order valence-electron chi connectivity index (χ1n) is 6.78. The Morgan fingerprint density at radius 3 is 2.40 bits per heavy atom. The van der Waals surface area contributed by atoms with Crippen molar-refractivity contribution in [3.05, 3.63) is 18.2 Å². The van der Waals surface area contributed by atoms with Gasteiger partial charge in [0.2, 0.25) is 10.0 Å². The lowest BCUT2D eigenvalue weighted by Crippen LogP contribution is -2.42. The lowest BCUT2D eigenvalue weighted by atomic mass is 9.94. The number of methoxy groups -OCH3 is 1. The van der Waals surface area contributed by atoms with Gasteiger partial charge in [-0.3, -0.25) is 0 Å². The van der Waals surface area contributed by atoms with Gasteiger partial charge in [-0.15, -0.1) is 0 Å². The Kier molecular flexibility index (Phi) is 4.25. The largest absolute Gasteiger partial charge is 0.495 e. The minimum absolute atomic E-state index is 0.241. The Balaban J connectivity index is 2.34. The number of hydrogen-bond donors (Lipinski definition) is 1. The van der Waals surface area contributed by atoms with E-state index in [1.807, 2.05) is 0 Å². The molecule has 0 amide bonds. The van der Waals surface area contributed by atoms with Gasteiger partial charge < -0.3 is 10.5 Å². The number of hydrogen-bond acceptors (Lipinski definition) is 4. The molecule has 1 aliphatic heterocycles. The third-order valence-electron chi connectivity index (χ3n) is 3.68. The van der Waals surface area contributed by atoms with Gasteiger partial charge >= 0.3 is 0 Å². The predicted molar refractivity (Wildman–Crippen MR) is 79.1 cm³/mol. The first-order chi connectivity index (χ1) is 9.34. The van der Waals surface area contributed by atoms with E-state index < -0.39 is 10.0 Å². The van der Waals surface area contributed by atoms with Crippen molar-refractivity contribution in [1.29, 1.82) is 0 Å². The first-order valence-corrected chi connectivity index (χ1v) is 8.22. The van der Waals surface area contributed by atoms with Crippen LogP contribution in [0, 0.1) is 11.8 Å². The number of anilines is 1. The summed E-state index contributed by atoms with van der Waals surface area (Å²) in [5.41, 5.74) is 6.17. The molecule has 2 unspecified atom stereocenters. The van der Waals surface area contributed by atoms with Gasteiger partial charge in [-0.2, -0.15) is 4.31 Å². The van der Waals surface area contributed by atoms with E-state index in [1.165, 1.54) is 19.2 Å². The number of ether oxygens (including phenoxy) is 1. The summed E-state index contributed by atoms with van der Waals surface area (Å²) in [7, 11) is -2.00. The minimum Gasteiger partial charge on any atom is -0.495 e. The van der Waals surface area contributed by atoms with Crippen molar-refractivity contribution >= 4 is 15.7 Å². The molecule has 1 fully saturated rings. The second kappa shape index (κ2) is 5.61. The Labute approximate surface area is 120 Å². The van der Waals surface area contributed by atoms with Crippen molar-refractivity contribution in [1.82, 2.24) is 4.31 Å². The molecule has 2 N–H and O–H groups in total. The van der Waals surface area contributed by atoms with Crippen LogP contribution in [0.15, 0.2) is 23.1 Å². The summed E-state index contributed by atoms with van der Waals surface area (Å²) in [6.45, 7) is 5.31. The van der Waals surface area contributed by atoms with Crippen molar-refractivity contribution in [2.24, 2.45) is 11.8 Å². The Morgan fingerprint density at radius 1 is 1.25 bits per heavy atom. The molecule has 1 aromatic rings. The lowest BCUT2D eigenvalue weighted by molar-refractivity contribution is 0.222. The van der Waals surface area contributed by atoms with Crippen LogP contribution >= 0.6 is 0 Å². The van der Waals surface area contributed by atoms with E-state index in [9.17, 15) is 8.42 Å². The van der Waals surface area contributed by atoms with E-state index in [1.54, 1.807) is 10.4 Å². The van der Waals surface area contributed by atoms with E-state index in [4.69, 9.17) is 10.5 Å². The summed E-state index contributed by atoms with van der Waals surface area (Å²) in [5.74, 6) is 1.15. The SMILES string of the molecule is COc1cc(S(=O)(=O)N2CC(C)CC(C)C2)ccc1N. The molecule has 1 aliphatic rings. The molecule has 1 heterocycles. The van der Waals surface area contributed by atoms with Gasteiger partial charge in [0.15, 0.2) is 0 Å². The third-order valence-corrected chi connectivity index (χ3v) is 5.51. The zero-order valence-corrected chi connectivity index (χ0v) is 13.0. The standard InChI is InChI=1S/C14H22N2O3S/c1-10-6-11(2)9-16(8-10)20(17,18)12-4-5-13(15)14(7-12)19-3/h4-5,7,10-11H,6,8-9,15H2,1-3H3. The van der Waals surface area contributed by atoms with E-state index >= 15 is 0 Å². The predicted octanol–water partition coefficient (Wildman–Crippen LogP) is 1.94. The van der Waals surface area contributed by atoms with Gasteiger partial charge in [0.1, 0.15) is 5.75 Å². The zero-order chi connectivity index (χ0) is 14.9. The fourth-order valence-corrected chi connectivity index (χ4v) is 4.50. The van der Waals surface area contributed by atoms with Gasteiger partial charge in [0.05, 0.1) is 17.7 Å². The van der Waals surface area contributed by atoms with Crippen LogP contribution in [0.3, 0.4) is 0 Å². The molecule has 6 heteroatoms. The maximum atomic E-state index is 12.7. The van der Waals surface area contributed by atoms with Gasteiger partial charge in [0, 0.05) is 19.2 Å². The second-order valence-corrected chi connectivity index (χ2v) is 7.61. The minimum atomic E-state index is -3.48. The summed E-state index contributed by atoms with van der Waals surface area (Å²) in [5, 5.41) is 0. The molecular weight excluding hydrogens is 276 g/mol. The van der Waals surface area contributed by atoms with Gasteiger partial charge in [0.25, 0.3) is 0 Å². The average Bonchev–Trinajstić information content (AvgIpc) is 2.37.